The molecule has 0 radical (unpaired) electrons. The normalized spacial score (nSPS) is 13.1. The van der Waals surface area contributed by atoms with Gasteiger partial charge < -0.3 is 9.84 Å². The van der Waals surface area contributed by atoms with Crippen molar-refractivity contribution >= 4 is 28.3 Å². The van der Waals surface area contributed by atoms with Gasteiger partial charge in [0.2, 0.25) is 0 Å². The van der Waals surface area contributed by atoms with Gasteiger partial charge in [0.1, 0.15) is 17.2 Å². The van der Waals surface area contributed by atoms with E-state index in [9.17, 15) is 40.6 Å². The van der Waals surface area contributed by atoms with Gasteiger partial charge in [0, 0.05) is 12.3 Å². The summed E-state index contributed by atoms with van der Waals surface area (Å²) < 4.78 is 93.1. The van der Waals surface area contributed by atoms with Crippen molar-refractivity contribution in [2.24, 2.45) is 0 Å². The number of carbonyl (C=O) groups excluding carboxylic acids is 1. The van der Waals surface area contributed by atoms with Crippen LogP contribution < -0.4 is 4.74 Å². The standard InChI is InChI=1S/C15H9ClF7NO3/c1-6(25)12-10(26)2-7-3-11(8(16)4-9(7)24-12)27-5-13(17,18)14(19,20)15(21,22)23/h2-4,26H,5H2,1H3. The van der Waals surface area contributed by atoms with Gasteiger partial charge in [0.05, 0.1) is 10.5 Å². The number of nitrogens with zero attached hydrogens (tertiary/aromatic N) is 1. The highest BCUT2D eigenvalue weighted by molar-refractivity contribution is 6.32. The number of Topliss-reactive ketones (excluding diaryl/α,β-unsaturated/α-hetero) is 1. The quantitative estimate of drug-likeness (QED) is 0.547. The van der Waals surface area contributed by atoms with E-state index in [0.29, 0.717) is 0 Å². The summed E-state index contributed by atoms with van der Waals surface area (Å²) in [5.41, 5.74) is -0.272. The molecular weight excluding hydrogens is 411 g/mol. The van der Waals surface area contributed by atoms with Gasteiger partial charge in [-0.05, 0) is 18.2 Å². The lowest BCUT2D eigenvalue weighted by Crippen LogP contribution is -2.54. The number of carbonyl (C=O) groups is 1. The van der Waals surface area contributed by atoms with Crippen molar-refractivity contribution in [3.05, 3.63) is 28.9 Å². The maximum absolute atomic E-state index is 13.3. The minimum absolute atomic E-state index is 0.0165. The number of pyridine rings is 1. The van der Waals surface area contributed by atoms with Crippen molar-refractivity contribution in [3.8, 4) is 11.5 Å². The highest BCUT2D eigenvalue weighted by atomic mass is 35.5. The number of ether oxygens (including phenoxy) is 1. The van der Waals surface area contributed by atoms with Gasteiger partial charge in [-0.1, -0.05) is 11.6 Å². The molecule has 4 nitrogen and oxygen atoms in total. The molecule has 0 saturated carbocycles. The Labute approximate surface area is 151 Å². The van der Waals surface area contributed by atoms with E-state index in [1.807, 2.05) is 0 Å². The zero-order chi connectivity index (χ0) is 20.8. The van der Waals surface area contributed by atoms with Gasteiger partial charge in [0.25, 0.3) is 0 Å². The molecule has 2 rings (SSSR count). The number of hydrogen-bond donors (Lipinski definition) is 1. The first-order valence-electron chi connectivity index (χ1n) is 6.97. The number of benzene rings is 1. The lowest BCUT2D eigenvalue weighted by molar-refractivity contribution is -0.358. The largest absolute Gasteiger partial charge is 0.506 e. The average Bonchev–Trinajstić information content (AvgIpc) is 2.51. The minimum atomic E-state index is -6.48. The first-order valence-corrected chi connectivity index (χ1v) is 7.34. The van der Waals surface area contributed by atoms with E-state index in [0.717, 1.165) is 25.1 Å². The van der Waals surface area contributed by atoms with Crippen molar-refractivity contribution in [3.63, 3.8) is 0 Å². The van der Waals surface area contributed by atoms with Crippen LogP contribution in [-0.2, 0) is 0 Å². The maximum Gasteiger partial charge on any atom is 0.460 e. The predicted octanol–water partition coefficient (Wildman–Crippen LogP) is 5.01. The van der Waals surface area contributed by atoms with Gasteiger partial charge in [0.15, 0.2) is 12.4 Å². The van der Waals surface area contributed by atoms with Crippen LogP contribution in [0.25, 0.3) is 10.9 Å². The Morgan fingerprint density at radius 3 is 2.26 bits per heavy atom. The lowest BCUT2D eigenvalue weighted by Gasteiger charge is -2.28. The van der Waals surface area contributed by atoms with E-state index >= 15 is 0 Å². The number of ketones is 1. The molecule has 0 fully saturated rings. The van der Waals surface area contributed by atoms with Gasteiger partial charge in [-0.25, -0.2) is 4.98 Å². The van der Waals surface area contributed by atoms with Crippen molar-refractivity contribution in [1.82, 2.24) is 4.98 Å². The summed E-state index contributed by atoms with van der Waals surface area (Å²) >= 11 is 5.74. The minimum Gasteiger partial charge on any atom is -0.506 e. The Balaban J connectivity index is 2.36. The van der Waals surface area contributed by atoms with Crippen LogP contribution in [-0.4, -0.2) is 40.5 Å². The van der Waals surface area contributed by atoms with Crippen molar-refractivity contribution < 1.29 is 45.4 Å². The lowest BCUT2D eigenvalue weighted by atomic mass is 10.1. The third kappa shape index (κ3) is 3.87. The fraction of sp³-hybridized carbons (Fsp3) is 0.333. The Hall–Kier alpha value is -2.30. The Kier molecular flexibility index (Phi) is 5.21. The number of halogens is 8. The molecule has 1 heterocycles. The topological polar surface area (TPSA) is 59.4 Å². The van der Waals surface area contributed by atoms with Crippen LogP contribution in [0.2, 0.25) is 5.02 Å². The van der Waals surface area contributed by atoms with Crippen LogP contribution >= 0.6 is 11.6 Å². The third-order valence-corrected chi connectivity index (χ3v) is 3.70. The summed E-state index contributed by atoms with van der Waals surface area (Å²) in [7, 11) is 0. The second kappa shape index (κ2) is 6.70. The average molecular weight is 420 g/mol. The number of fused-ring (bicyclic) bond motifs is 1. The monoisotopic (exact) mass is 419 g/mol. The molecule has 0 aliphatic heterocycles. The molecule has 0 atom stereocenters. The number of aromatic nitrogens is 1. The smallest absolute Gasteiger partial charge is 0.460 e. The highest BCUT2D eigenvalue weighted by Crippen LogP contribution is 2.46. The summed E-state index contributed by atoms with van der Waals surface area (Å²) in [6.45, 7) is -1.19. The zero-order valence-corrected chi connectivity index (χ0v) is 13.9. The second-order valence-electron chi connectivity index (χ2n) is 5.45. The fourth-order valence-corrected chi connectivity index (χ4v) is 2.21. The summed E-state index contributed by atoms with van der Waals surface area (Å²) in [5, 5.41) is 9.28. The molecule has 0 saturated heterocycles. The molecular formula is C15H9ClF7NO3. The van der Waals surface area contributed by atoms with Crippen molar-refractivity contribution in [1.29, 1.82) is 0 Å². The molecule has 1 aromatic heterocycles. The third-order valence-electron chi connectivity index (χ3n) is 3.41. The Morgan fingerprint density at radius 1 is 1.15 bits per heavy atom. The fourth-order valence-electron chi connectivity index (χ4n) is 2.00. The Morgan fingerprint density at radius 2 is 1.74 bits per heavy atom. The highest BCUT2D eigenvalue weighted by Gasteiger charge is 2.73. The van der Waals surface area contributed by atoms with Crippen LogP contribution in [0, 0.1) is 0 Å². The van der Waals surface area contributed by atoms with E-state index < -0.39 is 46.9 Å². The maximum atomic E-state index is 13.3. The number of aromatic hydroxyl groups is 1. The van der Waals surface area contributed by atoms with E-state index in [4.69, 9.17) is 11.6 Å². The molecule has 27 heavy (non-hydrogen) atoms. The van der Waals surface area contributed by atoms with E-state index in [2.05, 4.69) is 9.72 Å². The van der Waals surface area contributed by atoms with E-state index in [1.54, 1.807) is 0 Å². The molecule has 2 aromatic rings. The SMILES string of the molecule is CC(=O)c1nc2cc(Cl)c(OCC(F)(F)C(F)(F)C(F)(F)F)cc2cc1O. The molecule has 0 aliphatic carbocycles. The molecule has 1 N–H and O–H groups in total. The molecule has 0 spiro atoms. The van der Waals surface area contributed by atoms with Gasteiger partial charge >= 0.3 is 18.0 Å². The molecule has 0 bridgehead atoms. The number of rotatable bonds is 5. The molecule has 0 unspecified atom stereocenters. The zero-order valence-electron chi connectivity index (χ0n) is 13.2. The molecule has 12 heteroatoms. The second-order valence-corrected chi connectivity index (χ2v) is 5.86. The summed E-state index contributed by atoms with van der Waals surface area (Å²) in [5.74, 6) is -13.7. The van der Waals surface area contributed by atoms with Crippen molar-refractivity contribution in [2.45, 2.75) is 24.9 Å². The van der Waals surface area contributed by atoms with E-state index in [-0.39, 0.29) is 16.6 Å². The molecule has 0 amide bonds. The Bertz CT molecular complexity index is 899. The predicted molar refractivity (Wildman–Crippen MR) is 79.9 cm³/mol. The molecule has 148 valence electrons. The van der Waals surface area contributed by atoms with Gasteiger partial charge in [-0.3, -0.25) is 4.79 Å². The summed E-state index contributed by atoms with van der Waals surface area (Å²) in [6, 6.07) is 2.92. The van der Waals surface area contributed by atoms with Gasteiger partial charge in [-0.2, -0.15) is 30.7 Å². The number of hydrogen-bond acceptors (Lipinski definition) is 4. The van der Waals surface area contributed by atoms with Crippen LogP contribution in [0.3, 0.4) is 0 Å². The van der Waals surface area contributed by atoms with Crippen LogP contribution in [0.5, 0.6) is 11.5 Å². The molecule has 1 aromatic carbocycles. The first-order chi connectivity index (χ1) is 12.2. The number of alkyl halides is 7. The van der Waals surface area contributed by atoms with Crippen LogP contribution in [0.4, 0.5) is 30.7 Å². The van der Waals surface area contributed by atoms with Crippen molar-refractivity contribution in [2.75, 3.05) is 6.61 Å². The van der Waals surface area contributed by atoms with Gasteiger partial charge in [-0.15, -0.1) is 0 Å². The van der Waals surface area contributed by atoms with Crippen LogP contribution in [0.1, 0.15) is 17.4 Å². The summed E-state index contributed by atoms with van der Waals surface area (Å²) in [6.07, 6.45) is -6.48. The molecule has 0 aliphatic rings. The van der Waals surface area contributed by atoms with Crippen LogP contribution in [0.15, 0.2) is 18.2 Å². The van der Waals surface area contributed by atoms with E-state index in [1.165, 1.54) is 0 Å². The first kappa shape index (κ1) is 21.0. The summed E-state index contributed by atoms with van der Waals surface area (Å²) in [4.78, 5) is 15.1.